The second-order valence-electron chi connectivity index (χ2n) is 6.53. The molecule has 0 bridgehead atoms. The zero-order valence-corrected chi connectivity index (χ0v) is 14.8. The van der Waals surface area contributed by atoms with E-state index in [0.717, 1.165) is 23.9 Å². The summed E-state index contributed by atoms with van der Waals surface area (Å²) < 4.78 is 11.7. The monoisotopic (exact) mass is 384 g/mol. The van der Waals surface area contributed by atoms with Gasteiger partial charge in [-0.05, 0) is 0 Å². The van der Waals surface area contributed by atoms with Gasteiger partial charge in [-0.1, -0.05) is 0 Å². The van der Waals surface area contributed by atoms with E-state index >= 15 is 0 Å². The fraction of sp³-hybridized carbons (Fsp3) is 0.688. The van der Waals surface area contributed by atoms with Crippen LogP contribution in [0.25, 0.3) is 0 Å². The number of amides is 1. The maximum absolute atomic E-state index is 12.4. The molecule has 11 heteroatoms. The van der Waals surface area contributed by atoms with Gasteiger partial charge in [0.2, 0.25) is 0 Å². The fourth-order valence-corrected chi connectivity index (χ4v) is 3.16. The van der Waals surface area contributed by atoms with E-state index in [1.165, 1.54) is 0 Å². The molecule has 3 rings (SSSR count). The van der Waals surface area contributed by atoms with Crippen LogP contribution in [0.5, 0.6) is 0 Å². The van der Waals surface area contributed by atoms with Crippen LogP contribution in [-0.2, 0) is 9.47 Å². The summed E-state index contributed by atoms with van der Waals surface area (Å²) in [6, 6.07) is 0. The zero-order valence-electron chi connectivity index (χ0n) is 14.8. The van der Waals surface area contributed by atoms with E-state index in [2.05, 4.69) is 15.2 Å². The molecule has 2 fully saturated rings. The average Bonchev–Trinajstić information content (AvgIpc) is 3.03. The number of hydrogen-bond acceptors (Lipinski definition) is 8. The van der Waals surface area contributed by atoms with Crippen molar-refractivity contribution < 1.29 is 24.5 Å². The molecule has 4 N–H and O–H groups in total. The van der Waals surface area contributed by atoms with E-state index in [1.807, 2.05) is 0 Å². The van der Waals surface area contributed by atoms with Crippen molar-refractivity contribution in [3.8, 4) is 0 Å². The SMILES string of the molecule is O=C(NCCN1CCOCC1)c1cn([C@H]2C[C@@H](O)C(CO)O2)c(=O)[nH]c1=O. The van der Waals surface area contributed by atoms with Gasteiger partial charge in [-0.3, -0.25) is 24.0 Å². The third kappa shape index (κ3) is 4.62. The number of carbonyl (C=O) groups excluding carboxylic acids is 1. The highest BCUT2D eigenvalue weighted by atomic mass is 16.5. The number of carbonyl (C=O) groups is 1. The van der Waals surface area contributed by atoms with Crippen LogP contribution in [0.2, 0.25) is 0 Å². The number of nitrogens with one attached hydrogen (secondary N) is 2. The molecular formula is C16H24N4O7. The smallest absolute Gasteiger partial charge is 0.330 e. The molecule has 0 saturated carbocycles. The highest BCUT2D eigenvalue weighted by Crippen LogP contribution is 2.27. The minimum absolute atomic E-state index is 0.0647. The van der Waals surface area contributed by atoms with Crippen molar-refractivity contribution in [3.05, 3.63) is 32.6 Å². The number of ether oxygens (including phenoxy) is 2. The van der Waals surface area contributed by atoms with E-state index < -0.39 is 42.2 Å². The van der Waals surface area contributed by atoms with Gasteiger partial charge in [0.15, 0.2) is 0 Å². The van der Waals surface area contributed by atoms with Crippen molar-refractivity contribution in [1.82, 2.24) is 19.8 Å². The number of rotatable bonds is 6. The van der Waals surface area contributed by atoms with E-state index in [9.17, 15) is 19.5 Å². The number of hydrogen-bond donors (Lipinski definition) is 4. The van der Waals surface area contributed by atoms with Gasteiger partial charge < -0.3 is 25.0 Å². The Morgan fingerprint density at radius 1 is 1.33 bits per heavy atom. The Morgan fingerprint density at radius 2 is 2.07 bits per heavy atom. The molecule has 0 radical (unpaired) electrons. The van der Waals surface area contributed by atoms with Gasteiger partial charge in [0.1, 0.15) is 17.9 Å². The fourth-order valence-electron chi connectivity index (χ4n) is 3.16. The molecule has 27 heavy (non-hydrogen) atoms. The Hall–Kier alpha value is -2.05. The summed E-state index contributed by atoms with van der Waals surface area (Å²) in [7, 11) is 0. The van der Waals surface area contributed by atoms with Crippen LogP contribution in [0.3, 0.4) is 0 Å². The third-order valence-corrected chi connectivity index (χ3v) is 4.72. The van der Waals surface area contributed by atoms with Crippen LogP contribution in [0.15, 0.2) is 15.8 Å². The normalized spacial score (nSPS) is 26.2. The molecule has 2 aliphatic rings. The second-order valence-corrected chi connectivity index (χ2v) is 6.53. The minimum Gasteiger partial charge on any atom is -0.394 e. The van der Waals surface area contributed by atoms with Gasteiger partial charge >= 0.3 is 5.69 Å². The lowest BCUT2D eigenvalue weighted by Crippen LogP contribution is -2.43. The molecule has 0 aromatic carbocycles. The standard InChI is InChI=1S/C16H24N4O7/c21-9-12-11(22)7-13(27-12)20-8-10(15(24)18-16(20)25)14(23)17-1-2-19-3-5-26-6-4-19/h8,11-13,21-22H,1-7,9H2,(H,17,23)(H,18,24,25)/t11-,12?,13-/m1/s1. The first-order valence-electron chi connectivity index (χ1n) is 8.87. The molecule has 2 saturated heterocycles. The van der Waals surface area contributed by atoms with E-state index in [0.29, 0.717) is 26.3 Å². The molecule has 0 aliphatic carbocycles. The zero-order chi connectivity index (χ0) is 19.4. The van der Waals surface area contributed by atoms with Crippen molar-refractivity contribution in [1.29, 1.82) is 0 Å². The third-order valence-electron chi connectivity index (χ3n) is 4.72. The summed E-state index contributed by atoms with van der Waals surface area (Å²) in [4.78, 5) is 40.6. The number of H-pyrrole nitrogens is 1. The summed E-state index contributed by atoms with van der Waals surface area (Å²) >= 11 is 0. The first-order valence-corrected chi connectivity index (χ1v) is 8.87. The first-order chi connectivity index (χ1) is 13.0. The Labute approximate surface area is 154 Å². The number of nitrogens with zero attached hydrogens (tertiary/aromatic N) is 2. The van der Waals surface area contributed by atoms with Gasteiger partial charge in [0.25, 0.3) is 11.5 Å². The summed E-state index contributed by atoms with van der Waals surface area (Å²) in [5.41, 5.74) is -1.76. The maximum Gasteiger partial charge on any atom is 0.330 e. The van der Waals surface area contributed by atoms with E-state index in [1.54, 1.807) is 0 Å². The van der Waals surface area contributed by atoms with Crippen molar-refractivity contribution in [2.24, 2.45) is 0 Å². The number of aromatic amines is 1. The predicted octanol–water partition coefficient (Wildman–Crippen LogP) is -2.76. The van der Waals surface area contributed by atoms with E-state index in [4.69, 9.17) is 14.6 Å². The lowest BCUT2D eigenvalue weighted by atomic mass is 10.2. The van der Waals surface area contributed by atoms with Crippen molar-refractivity contribution >= 4 is 5.91 Å². The molecule has 2 aliphatic heterocycles. The van der Waals surface area contributed by atoms with Crippen molar-refractivity contribution in [2.75, 3.05) is 46.0 Å². The van der Waals surface area contributed by atoms with Gasteiger partial charge in [0, 0.05) is 38.8 Å². The summed E-state index contributed by atoms with van der Waals surface area (Å²) in [6.07, 6.45) is -1.44. The molecule has 3 atom stereocenters. The van der Waals surface area contributed by atoms with Crippen molar-refractivity contribution in [2.45, 2.75) is 24.9 Å². The first kappa shape index (κ1) is 19.7. The molecule has 1 unspecified atom stereocenters. The molecule has 1 aromatic rings. The van der Waals surface area contributed by atoms with Crippen LogP contribution in [0.1, 0.15) is 23.0 Å². The number of aromatic nitrogens is 2. The molecule has 1 amide bonds. The Morgan fingerprint density at radius 3 is 2.74 bits per heavy atom. The quantitative estimate of drug-likeness (QED) is 0.413. The summed E-state index contributed by atoms with van der Waals surface area (Å²) in [5, 5.41) is 21.6. The molecule has 11 nitrogen and oxygen atoms in total. The van der Waals surface area contributed by atoms with E-state index in [-0.39, 0.29) is 12.0 Å². The maximum atomic E-state index is 12.4. The predicted molar refractivity (Wildman–Crippen MR) is 92.5 cm³/mol. The van der Waals surface area contributed by atoms with Crippen LogP contribution < -0.4 is 16.6 Å². The molecular weight excluding hydrogens is 360 g/mol. The van der Waals surface area contributed by atoms with Crippen molar-refractivity contribution in [3.63, 3.8) is 0 Å². The van der Waals surface area contributed by atoms with Crippen LogP contribution >= 0.6 is 0 Å². The lowest BCUT2D eigenvalue weighted by Gasteiger charge is -2.26. The topological polar surface area (TPSA) is 146 Å². The van der Waals surface area contributed by atoms with Gasteiger partial charge in [-0.2, -0.15) is 0 Å². The van der Waals surface area contributed by atoms with Crippen LogP contribution in [-0.4, -0.2) is 88.8 Å². The second kappa shape index (κ2) is 8.76. The molecule has 3 heterocycles. The summed E-state index contributed by atoms with van der Waals surface area (Å²) in [6.45, 7) is 3.46. The lowest BCUT2D eigenvalue weighted by molar-refractivity contribution is -0.0459. The Balaban J connectivity index is 1.67. The average molecular weight is 384 g/mol. The van der Waals surface area contributed by atoms with Gasteiger partial charge in [-0.25, -0.2) is 4.79 Å². The van der Waals surface area contributed by atoms with Gasteiger partial charge in [0.05, 0.1) is 25.9 Å². The molecule has 150 valence electrons. The number of aliphatic hydroxyl groups excluding tert-OH is 2. The van der Waals surface area contributed by atoms with Gasteiger partial charge in [-0.15, -0.1) is 0 Å². The Bertz CT molecular complexity index is 771. The van der Waals surface area contributed by atoms with Crippen LogP contribution in [0.4, 0.5) is 0 Å². The highest BCUT2D eigenvalue weighted by Gasteiger charge is 2.35. The Kier molecular flexibility index (Phi) is 6.39. The number of morpholine rings is 1. The molecule has 1 aromatic heterocycles. The van der Waals surface area contributed by atoms with Crippen LogP contribution in [0, 0.1) is 0 Å². The largest absolute Gasteiger partial charge is 0.394 e. The number of aliphatic hydroxyl groups is 2. The molecule has 0 spiro atoms. The minimum atomic E-state index is -0.940. The summed E-state index contributed by atoms with van der Waals surface area (Å²) in [5.74, 6) is -0.601. The highest BCUT2D eigenvalue weighted by molar-refractivity contribution is 5.93.